The third-order valence-corrected chi connectivity index (χ3v) is 3.91. The summed E-state index contributed by atoms with van der Waals surface area (Å²) in [6.07, 6.45) is 14.3. The van der Waals surface area contributed by atoms with Gasteiger partial charge in [0, 0.05) is 6.42 Å². The lowest BCUT2D eigenvalue weighted by Crippen LogP contribution is -2.30. The Kier molecular flexibility index (Phi) is 5.79. The minimum absolute atomic E-state index is 0.742. The van der Waals surface area contributed by atoms with Gasteiger partial charge in [-0.05, 0) is 43.6 Å². The standard InChI is InChI=1S/C14H25N/c1-3-5-7-13-10-12(6-4-2)8-9-14(13)11-15/h1,12-14H,4-11,15H2,2H3. The molecule has 0 bridgehead atoms. The Morgan fingerprint density at radius 2 is 2.07 bits per heavy atom. The highest BCUT2D eigenvalue weighted by molar-refractivity contribution is 4.88. The predicted molar refractivity (Wildman–Crippen MR) is 66.4 cm³/mol. The molecule has 0 aromatic heterocycles. The first kappa shape index (κ1) is 12.6. The number of rotatable bonds is 5. The molecule has 1 nitrogen and oxygen atoms in total. The van der Waals surface area contributed by atoms with Gasteiger partial charge in [0.2, 0.25) is 0 Å². The zero-order chi connectivity index (χ0) is 11.1. The molecule has 0 aromatic carbocycles. The highest BCUT2D eigenvalue weighted by Gasteiger charge is 2.28. The van der Waals surface area contributed by atoms with Crippen molar-refractivity contribution in [2.75, 3.05) is 6.54 Å². The molecule has 0 spiro atoms. The summed E-state index contributed by atoms with van der Waals surface area (Å²) in [5.41, 5.74) is 5.83. The largest absolute Gasteiger partial charge is 0.330 e. The van der Waals surface area contributed by atoms with Crippen LogP contribution >= 0.6 is 0 Å². The molecule has 1 rings (SSSR count). The number of nitrogens with two attached hydrogens (primary N) is 1. The van der Waals surface area contributed by atoms with Crippen LogP contribution in [0.3, 0.4) is 0 Å². The second kappa shape index (κ2) is 6.90. The molecule has 0 aromatic rings. The minimum Gasteiger partial charge on any atom is -0.330 e. The van der Waals surface area contributed by atoms with Crippen LogP contribution in [0.5, 0.6) is 0 Å². The summed E-state index contributed by atoms with van der Waals surface area (Å²) in [6.45, 7) is 3.14. The Labute approximate surface area is 94.8 Å². The molecule has 0 amide bonds. The number of hydrogen-bond acceptors (Lipinski definition) is 1. The van der Waals surface area contributed by atoms with E-state index < -0.39 is 0 Å². The van der Waals surface area contributed by atoms with E-state index in [1.54, 1.807) is 0 Å². The monoisotopic (exact) mass is 207 g/mol. The summed E-state index contributed by atoms with van der Waals surface area (Å²) in [4.78, 5) is 0. The molecule has 3 atom stereocenters. The van der Waals surface area contributed by atoms with Crippen LogP contribution in [0, 0.1) is 30.1 Å². The molecule has 0 radical (unpaired) electrons. The van der Waals surface area contributed by atoms with Crippen LogP contribution in [0.1, 0.15) is 51.9 Å². The van der Waals surface area contributed by atoms with Crippen LogP contribution < -0.4 is 5.73 Å². The molecule has 0 saturated heterocycles. The molecule has 86 valence electrons. The van der Waals surface area contributed by atoms with E-state index in [0.29, 0.717) is 0 Å². The van der Waals surface area contributed by atoms with Gasteiger partial charge in [-0.1, -0.05) is 26.2 Å². The fourth-order valence-electron chi connectivity index (χ4n) is 3.03. The second-order valence-corrected chi connectivity index (χ2v) is 4.97. The molecule has 1 heteroatoms. The van der Waals surface area contributed by atoms with Crippen LogP contribution in [-0.4, -0.2) is 6.54 Å². The van der Waals surface area contributed by atoms with Crippen molar-refractivity contribution in [3.05, 3.63) is 0 Å². The summed E-state index contributed by atoms with van der Waals surface area (Å²) < 4.78 is 0. The van der Waals surface area contributed by atoms with Crippen LogP contribution in [0.25, 0.3) is 0 Å². The summed E-state index contributed by atoms with van der Waals surface area (Å²) in [6, 6.07) is 0. The molecule has 3 unspecified atom stereocenters. The Bertz CT molecular complexity index is 204. The van der Waals surface area contributed by atoms with E-state index in [1.165, 1.54) is 38.5 Å². The zero-order valence-electron chi connectivity index (χ0n) is 10.0. The van der Waals surface area contributed by atoms with Crippen molar-refractivity contribution in [3.8, 4) is 12.3 Å². The van der Waals surface area contributed by atoms with Crippen LogP contribution in [0.4, 0.5) is 0 Å². The Hall–Kier alpha value is -0.480. The maximum absolute atomic E-state index is 5.83. The fraction of sp³-hybridized carbons (Fsp3) is 0.857. The third kappa shape index (κ3) is 3.87. The van der Waals surface area contributed by atoms with E-state index in [2.05, 4.69) is 12.8 Å². The number of hydrogen-bond donors (Lipinski definition) is 1. The van der Waals surface area contributed by atoms with Gasteiger partial charge in [0.1, 0.15) is 0 Å². The van der Waals surface area contributed by atoms with Gasteiger partial charge >= 0.3 is 0 Å². The number of terminal acetylenes is 1. The molecule has 1 aliphatic rings. The van der Waals surface area contributed by atoms with Gasteiger partial charge in [-0.25, -0.2) is 0 Å². The quantitative estimate of drug-likeness (QED) is 0.688. The van der Waals surface area contributed by atoms with Crippen molar-refractivity contribution in [3.63, 3.8) is 0 Å². The molecule has 1 fully saturated rings. The maximum atomic E-state index is 5.83. The lowest BCUT2D eigenvalue weighted by molar-refractivity contribution is 0.169. The third-order valence-electron chi connectivity index (χ3n) is 3.91. The van der Waals surface area contributed by atoms with Gasteiger partial charge < -0.3 is 5.73 Å². The van der Waals surface area contributed by atoms with Gasteiger partial charge in [0.25, 0.3) is 0 Å². The maximum Gasteiger partial charge on any atom is 0.00888 e. The molecular formula is C14H25N. The molecule has 2 N–H and O–H groups in total. The highest BCUT2D eigenvalue weighted by atomic mass is 14.6. The summed E-state index contributed by atoms with van der Waals surface area (Å²) in [7, 11) is 0. The predicted octanol–water partition coefficient (Wildman–Crippen LogP) is 3.19. The first-order chi connectivity index (χ1) is 7.31. The average molecular weight is 207 g/mol. The van der Waals surface area contributed by atoms with Gasteiger partial charge in [-0.2, -0.15) is 0 Å². The first-order valence-corrected chi connectivity index (χ1v) is 6.45. The van der Waals surface area contributed by atoms with Crippen LogP contribution in [0.2, 0.25) is 0 Å². The van der Waals surface area contributed by atoms with Crippen molar-refractivity contribution < 1.29 is 0 Å². The molecule has 1 saturated carbocycles. The normalized spacial score (nSPS) is 31.1. The second-order valence-electron chi connectivity index (χ2n) is 4.97. The first-order valence-electron chi connectivity index (χ1n) is 6.45. The minimum atomic E-state index is 0.742. The Morgan fingerprint density at radius 3 is 2.67 bits per heavy atom. The van der Waals surface area contributed by atoms with Crippen molar-refractivity contribution in [2.45, 2.75) is 51.9 Å². The summed E-state index contributed by atoms with van der Waals surface area (Å²) >= 11 is 0. The summed E-state index contributed by atoms with van der Waals surface area (Å²) in [5, 5.41) is 0. The smallest absolute Gasteiger partial charge is 0.00888 e. The Balaban J connectivity index is 2.42. The Morgan fingerprint density at radius 1 is 1.27 bits per heavy atom. The lowest BCUT2D eigenvalue weighted by Gasteiger charge is -2.35. The van der Waals surface area contributed by atoms with E-state index in [4.69, 9.17) is 12.2 Å². The van der Waals surface area contributed by atoms with Crippen LogP contribution in [0.15, 0.2) is 0 Å². The van der Waals surface area contributed by atoms with Crippen molar-refractivity contribution in [1.82, 2.24) is 0 Å². The fourth-order valence-corrected chi connectivity index (χ4v) is 3.03. The molecule has 1 aliphatic carbocycles. The van der Waals surface area contributed by atoms with Crippen LogP contribution in [-0.2, 0) is 0 Å². The van der Waals surface area contributed by atoms with E-state index in [-0.39, 0.29) is 0 Å². The van der Waals surface area contributed by atoms with Gasteiger partial charge in [0.15, 0.2) is 0 Å². The highest BCUT2D eigenvalue weighted by Crippen LogP contribution is 2.37. The molecule has 15 heavy (non-hydrogen) atoms. The van der Waals surface area contributed by atoms with Gasteiger partial charge in [-0.15, -0.1) is 12.3 Å². The van der Waals surface area contributed by atoms with Crippen molar-refractivity contribution in [1.29, 1.82) is 0 Å². The molecule has 0 aliphatic heterocycles. The molecular weight excluding hydrogens is 182 g/mol. The molecule has 0 heterocycles. The van der Waals surface area contributed by atoms with Crippen molar-refractivity contribution >= 4 is 0 Å². The van der Waals surface area contributed by atoms with Crippen molar-refractivity contribution in [2.24, 2.45) is 23.5 Å². The lowest BCUT2D eigenvalue weighted by atomic mass is 9.71. The van der Waals surface area contributed by atoms with Gasteiger partial charge in [-0.3, -0.25) is 0 Å². The SMILES string of the molecule is C#CCCC1CC(CCC)CCC1CN. The zero-order valence-corrected chi connectivity index (χ0v) is 10.0. The topological polar surface area (TPSA) is 26.0 Å². The van der Waals surface area contributed by atoms with E-state index in [0.717, 1.165) is 30.7 Å². The van der Waals surface area contributed by atoms with E-state index in [1.807, 2.05) is 0 Å². The average Bonchev–Trinajstić information content (AvgIpc) is 2.27. The van der Waals surface area contributed by atoms with E-state index >= 15 is 0 Å². The van der Waals surface area contributed by atoms with Gasteiger partial charge in [0.05, 0.1) is 0 Å². The summed E-state index contributed by atoms with van der Waals surface area (Å²) in [5.74, 6) is 5.25. The van der Waals surface area contributed by atoms with E-state index in [9.17, 15) is 0 Å².